The lowest BCUT2D eigenvalue weighted by Gasteiger charge is -2.02. The van der Waals surface area contributed by atoms with Crippen LogP contribution in [0, 0.1) is 11.8 Å². The van der Waals surface area contributed by atoms with Gasteiger partial charge in [0.15, 0.2) is 6.61 Å². The molecule has 0 aliphatic rings. The zero-order chi connectivity index (χ0) is 15.1. The summed E-state index contributed by atoms with van der Waals surface area (Å²) in [7, 11) is 0. The Morgan fingerprint density at radius 1 is 1.38 bits per heavy atom. The molecule has 0 amide bonds. The lowest BCUT2D eigenvalue weighted by molar-refractivity contribution is -0.139. The molecule has 0 bridgehead atoms. The maximum atomic E-state index is 10.6. The summed E-state index contributed by atoms with van der Waals surface area (Å²) in [5, 5.41) is 12.8. The highest BCUT2D eigenvalue weighted by molar-refractivity contribution is 7.99. The lowest BCUT2D eigenvalue weighted by Crippen LogP contribution is -1.99. The van der Waals surface area contributed by atoms with Crippen molar-refractivity contribution in [3.63, 3.8) is 0 Å². The van der Waals surface area contributed by atoms with Gasteiger partial charge in [-0.25, -0.2) is 0 Å². The minimum absolute atomic E-state index is 0.0953. The number of rotatable bonds is 4. The summed E-state index contributed by atoms with van der Waals surface area (Å²) in [5.41, 5.74) is 0.819. The van der Waals surface area contributed by atoms with Crippen LogP contribution in [0.5, 0.6) is 0 Å². The molecule has 0 N–H and O–H groups in total. The van der Waals surface area contributed by atoms with Crippen LogP contribution in [0.3, 0.4) is 0 Å². The van der Waals surface area contributed by atoms with Gasteiger partial charge in [0.2, 0.25) is 5.16 Å². The van der Waals surface area contributed by atoms with Crippen LogP contribution < -0.4 is 0 Å². The summed E-state index contributed by atoms with van der Waals surface area (Å²) in [6.45, 7) is 1.44. The van der Waals surface area contributed by atoms with Gasteiger partial charge in [0.1, 0.15) is 0 Å². The molecule has 0 saturated carbocycles. The largest absolute Gasteiger partial charge is 0.453 e. The van der Waals surface area contributed by atoms with E-state index in [0.717, 1.165) is 5.69 Å². The number of thioether (sulfide) groups is 1. The van der Waals surface area contributed by atoms with E-state index in [1.807, 2.05) is 12.1 Å². The van der Waals surface area contributed by atoms with E-state index < -0.39 is 0 Å². The van der Waals surface area contributed by atoms with Gasteiger partial charge in [-0.3, -0.25) is 4.79 Å². The molecule has 1 heterocycles. The average molecular weight is 323 g/mol. The molecule has 0 aliphatic carbocycles. The lowest BCUT2D eigenvalue weighted by atomic mass is 10.3. The first-order valence-corrected chi connectivity index (χ1v) is 7.29. The summed E-state index contributed by atoms with van der Waals surface area (Å²) in [4.78, 5) is 10.6. The highest BCUT2D eigenvalue weighted by Crippen LogP contribution is 2.19. The number of tetrazole rings is 1. The summed E-state index contributed by atoms with van der Waals surface area (Å²) in [6, 6.07) is 7.20. The maximum Gasteiger partial charge on any atom is 0.303 e. The van der Waals surface area contributed by atoms with Crippen LogP contribution in [-0.2, 0) is 9.53 Å². The zero-order valence-electron chi connectivity index (χ0n) is 11.1. The Balaban J connectivity index is 1.95. The number of ether oxygens (including phenoxy) is 1. The van der Waals surface area contributed by atoms with E-state index in [4.69, 9.17) is 16.3 Å². The molecule has 2 rings (SSSR count). The van der Waals surface area contributed by atoms with Gasteiger partial charge in [0, 0.05) is 11.9 Å². The van der Waals surface area contributed by atoms with Gasteiger partial charge in [0.05, 0.1) is 11.4 Å². The van der Waals surface area contributed by atoms with Crippen LogP contribution in [0.1, 0.15) is 6.92 Å². The Labute approximate surface area is 130 Å². The van der Waals surface area contributed by atoms with Crippen LogP contribution in [0.15, 0.2) is 29.4 Å². The highest BCUT2D eigenvalue weighted by Gasteiger charge is 2.07. The van der Waals surface area contributed by atoms with Crippen molar-refractivity contribution in [1.82, 2.24) is 20.2 Å². The Morgan fingerprint density at radius 3 is 2.86 bits per heavy atom. The van der Waals surface area contributed by atoms with Crippen molar-refractivity contribution in [3.8, 4) is 17.5 Å². The van der Waals surface area contributed by atoms with Gasteiger partial charge in [0.25, 0.3) is 0 Å². The van der Waals surface area contributed by atoms with Crippen molar-refractivity contribution >= 4 is 29.3 Å². The monoisotopic (exact) mass is 322 g/mol. The second-order valence-electron chi connectivity index (χ2n) is 3.77. The molecule has 0 atom stereocenters. The number of hydrogen-bond acceptors (Lipinski definition) is 6. The van der Waals surface area contributed by atoms with Crippen LogP contribution >= 0.6 is 23.4 Å². The van der Waals surface area contributed by atoms with Gasteiger partial charge >= 0.3 is 5.97 Å². The third kappa shape index (κ3) is 4.77. The second-order valence-corrected chi connectivity index (χ2v) is 5.15. The number of esters is 1. The van der Waals surface area contributed by atoms with E-state index in [-0.39, 0.29) is 12.6 Å². The third-order valence-corrected chi connectivity index (χ3v) is 3.31. The molecule has 0 aliphatic heterocycles. The van der Waals surface area contributed by atoms with Crippen LogP contribution in [0.4, 0.5) is 0 Å². The molecule has 6 nitrogen and oxygen atoms in total. The predicted molar refractivity (Wildman–Crippen MR) is 79.3 cm³/mol. The van der Waals surface area contributed by atoms with E-state index in [0.29, 0.717) is 15.9 Å². The van der Waals surface area contributed by atoms with E-state index in [2.05, 4.69) is 27.4 Å². The molecular weight excluding hydrogens is 312 g/mol. The number of carbonyl (C=O) groups is 1. The highest BCUT2D eigenvalue weighted by atomic mass is 35.5. The molecule has 0 saturated heterocycles. The van der Waals surface area contributed by atoms with E-state index in [1.165, 1.54) is 18.7 Å². The molecule has 1 aromatic heterocycles. The molecule has 0 unspecified atom stereocenters. The first kappa shape index (κ1) is 15.4. The molecule has 0 radical (unpaired) electrons. The molecule has 0 fully saturated rings. The number of hydrogen-bond donors (Lipinski definition) is 0. The fraction of sp³-hybridized carbons (Fsp3) is 0.231. The number of benzene rings is 1. The SMILES string of the molecule is CC(=O)OCC#CCSc1nnnn1-c1ccc(Cl)cc1. The second kappa shape index (κ2) is 7.67. The van der Waals surface area contributed by atoms with Crippen molar-refractivity contribution in [2.75, 3.05) is 12.4 Å². The Hall–Kier alpha value is -2.04. The molecule has 8 heteroatoms. The van der Waals surface area contributed by atoms with Crippen molar-refractivity contribution in [2.24, 2.45) is 0 Å². The zero-order valence-corrected chi connectivity index (χ0v) is 12.7. The van der Waals surface area contributed by atoms with Gasteiger partial charge < -0.3 is 4.74 Å². The van der Waals surface area contributed by atoms with Gasteiger partial charge in [-0.05, 0) is 34.7 Å². The molecule has 21 heavy (non-hydrogen) atoms. The van der Waals surface area contributed by atoms with Crippen LogP contribution in [0.25, 0.3) is 5.69 Å². The minimum atomic E-state index is -0.344. The summed E-state index contributed by atoms with van der Waals surface area (Å²) in [6.07, 6.45) is 0. The minimum Gasteiger partial charge on any atom is -0.453 e. The standard InChI is InChI=1S/C13H11ClN4O2S/c1-10(19)20-8-2-3-9-21-13-15-16-17-18(13)12-6-4-11(14)5-7-12/h4-7H,8-9H2,1H3. The normalized spacial score (nSPS) is 9.81. The maximum absolute atomic E-state index is 10.6. The summed E-state index contributed by atoms with van der Waals surface area (Å²) < 4.78 is 6.31. The predicted octanol–water partition coefficient (Wildman–Crippen LogP) is 1.97. The Morgan fingerprint density at radius 2 is 2.14 bits per heavy atom. The van der Waals surface area contributed by atoms with Crippen LogP contribution in [-0.4, -0.2) is 38.5 Å². The number of nitrogens with zero attached hydrogens (tertiary/aromatic N) is 4. The topological polar surface area (TPSA) is 69.9 Å². The molecular formula is C13H11ClN4O2S. The van der Waals surface area contributed by atoms with Crippen molar-refractivity contribution in [1.29, 1.82) is 0 Å². The van der Waals surface area contributed by atoms with E-state index >= 15 is 0 Å². The summed E-state index contributed by atoms with van der Waals surface area (Å²) >= 11 is 7.24. The quantitative estimate of drug-likeness (QED) is 0.487. The van der Waals surface area contributed by atoms with E-state index in [9.17, 15) is 4.79 Å². The fourth-order valence-corrected chi connectivity index (χ4v) is 2.14. The first-order valence-electron chi connectivity index (χ1n) is 5.93. The van der Waals surface area contributed by atoms with Gasteiger partial charge in [-0.1, -0.05) is 35.2 Å². The van der Waals surface area contributed by atoms with Crippen LogP contribution in [0.2, 0.25) is 5.02 Å². The Kier molecular flexibility index (Phi) is 5.60. The average Bonchev–Trinajstić information content (AvgIpc) is 2.91. The van der Waals surface area contributed by atoms with Crippen molar-refractivity contribution in [3.05, 3.63) is 29.3 Å². The van der Waals surface area contributed by atoms with E-state index in [1.54, 1.807) is 16.8 Å². The fourth-order valence-electron chi connectivity index (χ4n) is 1.35. The smallest absolute Gasteiger partial charge is 0.303 e. The molecule has 0 spiro atoms. The van der Waals surface area contributed by atoms with Gasteiger partial charge in [-0.15, -0.1) is 5.10 Å². The number of carbonyl (C=O) groups excluding carboxylic acids is 1. The number of aromatic nitrogens is 4. The Bertz CT molecular complexity index is 675. The van der Waals surface area contributed by atoms with Crippen molar-refractivity contribution in [2.45, 2.75) is 12.1 Å². The molecule has 1 aromatic carbocycles. The third-order valence-electron chi connectivity index (χ3n) is 2.26. The van der Waals surface area contributed by atoms with Gasteiger partial charge in [-0.2, -0.15) is 4.68 Å². The summed E-state index contributed by atoms with van der Waals surface area (Å²) in [5.74, 6) is 5.76. The molecule has 108 valence electrons. The molecule has 2 aromatic rings. The first-order chi connectivity index (χ1) is 10.2. The van der Waals surface area contributed by atoms with Crippen molar-refractivity contribution < 1.29 is 9.53 Å². The number of halogens is 1.